The van der Waals surface area contributed by atoms with Crippen LogP contribution in [0.25, 0.3) is 10.9 Å². The maximum Gasteiger partial charge on any atom is 4.00 e. The molecule has 0 nitrogen and oxygen atoms in total. The number of hydrogen-bond donors (Lipinski definition) is 0. The molecule has 1 aliphatic heterocycles. The average Bonchev–Trinajstić information content (AvgIpc) is 2.37. The topological polar surface area (TPSA) is 0 Å². The smallest absolute Gasteiger partial charge is 1.00 e. The van der Waals surface area contributed by atoms with Crippen molar-refractivity contribution < 1.29 is 63.4 Å². The Morgan fingerprint density at radius 3 is 2.20 bits per heavy atom. The van der Waals surface area contributed by atoms with E-state index in [-0.39, 0.29) is 71.0 Å². The predicted octanol–water partition coefficient (Wildman–Crippen LogP) is -4.89. The third-order valence-electron chi connectivity index (χ3n) is 2.00. The van der Waals surface area contributed by atoms with Crippen LogP contribution in [0.3, 0.4) is 0 Å². The van der Waals surface area contributed by atoms with E-state index in [0.717, 1.165) is 0 Å². The van der Waals surface area contributed by atoms with Crippen molar-refractivity contribution >= 4 is 23.5 Å². The SMILES string of the molecule is Cc1cc2c[c-](Br)p(C)c-2c1.[Cl-].[Cl-].[Cl-].[Zr+4]. The molecule has 0 aromatic heterocycles. The Kier molecular flexibility index (Phi) is 12.6. The third kappa shape index (κ3) is 4.42. The molecule has 0 amide bonds. The molecule has 0 N–H and O–H groups in total. The van der Waals surface area contributed by atoms with Crippen molar-refractivity contribution in [2.45, 2.75) is 6.92 Å². The van der Waals surface area contributed by atoms with E-state index >= 15 is 0 Å². The van der Waals surface area contributed by atoms with Crippen molar-refractivity contribution in [3.8, 4) is 10.9 Å². The first-order chi connectivity index (χ1) is 5.18. The molecule has 0 saturated carbocycles. The fraction of sp³-hybridized carbons (Fsp3) is 0.222. The van der Waals surface area contributed by atoms with E-state index < -0.39 is 0 Å². The fourth-order valence-corrected chi connectivity index (χ4v) is 3.70. The summed E-state index contributed by atoms with van der Waals surface area (Å²) in [6, 6.07) is 6.79. The van der Waals surface area contributed by atoms with E-state index in [1.165, 1.54) is 20.6 Å². The van der Waals surface area contributed by atoms with Crippen molar-refractivity contribution in [2.75, 3.05) is 0 Å². The van der Waals surface area contributed by atoms with Gasteiger partial charge in [0, 0.05) is 0 Å². The van der Waals surface area contributed by atoms with Gasteiger partial charge in [0.2, 0.25) is 0 Å². The van der Waals surface area contributed by atoms with Gasteiger partial charge in [-0.05, 0) is 13.6 Å². The zero-order valence-electron chi connectivity index (χ0n) is 8.19. The van der Waals surface area contributed by atoms with Crippen LogP contribution in [0.2, 0.25) is 0 Å². The molecule has 6 heteroatoms. The Bertz CT molecular complexity index is 372. The molecule has 0 radical (unpaired) electrons. The summed E-state index contributed by atoms with van der Waals surface area (Å²) >= 11 is 3.58. The largest absolute Gasteiger partial charge is 4.00 e. The normalized spacial score (nSPS) is 9.40. The number of hydrogen-bond acceptors (Lipinski definition) is 0. The van der Waals surface area contributed by atoms with Crippen molar-refractivity contribution in [1.29, 1.82) is 0 Å². The number of halogens is 4. The molecular weight excluding hydrogens is 417 g/mol. The van der Waals surface area contributed by atoms with Gasteiger partial charge in [0.1, 0.15) is 0 Å². The Balaban J connectivity index is -0.000000360. The zero-order chi connectivity index (χ0) is 8.01. The number of rotatable bonds is 0. The fourth-order valence-electron chi connectivity index (χ4n) is 1.41. The van der Waals surface area contributed by atoms with Crippen LogP contribution in [0, 0.1) is 6.92 Å². The Morgan fingerprint density at radius 2 is 1.73 bits per heavy atom. The van der Waals surface area contributed by atoms with Crippen LogP contribution < -0.4 is 37.2 Å². The van der Waals surface area contributed by atoms with Gasteiger partial charge >= 0.3 is 26.2 Å². The van der Waals surface area contributed by atoms with E-state index in [0.29, 0.717) is 0 Å². The first-order valence-electron chi connectivity index (χ1n) is 3.57. The average molecular weight is 426 g/mol. The molecule has 0 saturated heterocycles. The first kappa shape index (κ1) is 21.9. The van der Waals surface area contributed by atoms with Gasteiger partial charge in [0.25, 0.3) is 0 Å². The number of fused-ring (bicyclic) bond motifs is 1. The van der Waals surface area contributed by atoms with E-state index in [1.54, 1.807) is 0 Å². The second-order valence-corrected chi connectivity index (χ2v) is 6.45. The molecule has 1 heterocycles. The van der Waals surface area contributed by atoms with Gasteiger partial charge in [-0.25, -0.2) is 7.53 Å². The van der Waals surface area contributed by atoms with Gasteiger partial charge in [0.05, 0.1) is 0 Å². The second kappa shape index (κ2) is 8.68. The van der Waals surface area contributed by atoms with Crippen molar-refractivity contribution in [1.82, 2.24) is 0 Å². The molecule has 1 unspecified atom stereocenters. The van der Waals surface area contributed by atoms with Gasteiger partial charge < -0.3 is 37.2 Å². The summed E-state index contributed by atoms with van der Waals surface area (Å²) in [6.45, 7) is 4.45. The first-order valence-corrected chi connectivity index (χ1v) is 6.15. The minimum Gasteiger partial charge on any atom is -1.00 e. The van der Waals surface area contributed by atoms with E-state index in [4.69, 9.17) is 0 Å². The minimum atomic E-state index is -0.0435. The quantitative estimate of drug-likeness (QED) is 0.372. The van der Waals surface area contributed by atoms with Gasteiger partial charge in [-0.1, -0.05) is 9.77 Å². The summed E-state index contributed by atoms with van der Waals surface area (Å²) in [5, 5.41) is 1.53. The van der Waals surface area contributed by atoms with Crippen LogP contribution >= 0.6 is 23.5 Å². The maximum absolute atomic E-state index is 3.58. The van der Waals surface area contributed by atoms with Crippen molar-refractivity contribution in [3.05, 3.63) is 28.0 Å². The summed E-state index contributed by atoms with van der Waals surface area (Å²) in [6.07, 6.45) is 0. The maximum atomic E-state index is 3.58. The standard InChI is InChI=1S/C9H9BrP.3ClH.Zr/c1-6-3-7-5-9(10)11(2)8(7)4-6;;;;/h3-5H,1-2H3;3*1H;/q-1;;;;+4/p-3. The second-order valence-electron chi connectivity index (χ2n) is 2.90. The zero-order valence-corrected chi connectivity index (χ0v) is 15.4. The summed E-state index contributed by atoms with van der Waals surface area (Å²) in [4.78, 5) is 0. The molecule has 1 aliphatic carbocycles. The summed E-state index contributed by atoms with van der Waals surface area (Å²) in [7, 11) is -0.0435. The van der Waals surface area contributed by atoms with E-state index in [2.05, 4.69) is 47.7 Å². The molecule has 0 fully saturated rings. The molecule has 0 bridgehead atoms. The number of aryl methyl sites for hydroxylation is 1. The Hall–Kier alpha value is 1.62. The van der Waals surface area contributed by atoms with Gasteiger partial charge in [-0.3, -0.25) is 0 Å². The summed E-state index contributed by atoms with van der Waals surface area (Å²) < 4.78 is 1.37. The molecule has 1 atom stereocenters. The minimum absolute atomic E-state index is 0. The van der Waals surface area contributed by atoms with Crippen LogP contribution in [0.15, 0.2) is 22.4 Å². The van der Waals surface area contributed by atoms with Crippen molar-refractivity contribution in [2.24, 2.45) is 6.66 Å². The monoisotopic (exact) mass is 422 g/mol. The van der Waals surface area contributed by atoms with Crippen LogP contribution in [-0.4, -0.2) is 0 Å². The molecular formula is C9H9BrCl3PZr. The molecule has 0 aromatic rings. The van der Waals surface area contributed by atoms with Crippen LogP contribution in [-0.2, 0) is 32.9 Å². The molecule has 2 aliphatic rings. The van der Waals surface area contributed by atoms with Gasteiger partial charge in [0.15, 0.2) is 0 Å². The summed E-state index contributed by atoms with van der Waals surface area (Å²) in [5.74, 6) is 0. The molecule has 2 rings (SSSR count). The van der Waals surface area contributed by atoms with Crippen LogP contribution in [0.4, 0.5) is 0 Å². The third-order valence-corrected chi connectivity index (χ3v) is 5.70. The Labute approximate surface area is 138 Å². The predicted molar refractivity (Wildman–Crippen MR) is 54.8 cm³/mol. The Morgan fingerprint density at radius 1 is 1.20 bits per heavy atom. The van der Waals surface area contributed by atoms with Gasteiger partial charge in [-0.15, -0.1) is 33.4 Å². The molecule has 0 spiro atoms. The van der Waals surface area contributed by atoms with E-state index in [9.17, 15) is 0 Å². The van der Waals surface area contributed by atoms with Crippen molar-refractivity contribution in [3.63, 3.8) is 0 Å². The summed E-state index contributed by atoms with van der Waals surface area (Å²) in [5.41, 5.74) is 2.81. The molecule has 0 aromatic carbocycles. The van der Waals surface area contributed by atoms with E-state index in [1.807, 2.05) is 0 Å². The van der Waals surface area contributed by atoms with Crippen LogP contribution in [0.1, 0.15) is 5.56 Å². The van der Waals surface area contributed by atoms with Gasteiger partial charge in [-0.2, -0.15) is 11.6 Å². The molecule has 82 valence electrons. The molecule has 15 heavy (non-hydrogen) atoms. The van der Waals surface area contributed by atoms with Crippen LogP contribution in [0.5, 0.6) is 0 Å².